The minimum atomic E-state index is 0.415. The van der Waals surface area contributed by atoms with Gasteiger partial charge in [0.05, 0.1) is 0 Å². The average Bonchev–Trinajstić information content (AvgIpc) is 2.10. The molecule has 0 bridgehead atoms. The van der Waals surface area contributed by atoms with Gasteiger partial charge in [0.25, 0.3) is 0 Å². The number of hydrogen-bond donors (Lipinski definition) is 1. The van der Waals surface area contributed by atoms with Gasteiger partial charge in [-0.3, -0.25) is 0 Å². The zero-order valence-electron chi connectivity index (χ0n) is 4.26. The highest BCUT2D eigenvalue weighted by atomic mass is 79.9. The topological polar surface area (TPSA) is 62.7 Å². The molecular weight excluding hydrogens is 202 g/mol. The molecule has 1 rings (SSSR count). The third-order valence-electron chi connectivity index (χ3n) is 0.704. The molecule has 1 aromatic rings. The van der Waals surface area contributed by atoms with Crippen molar-refractivity contribution in [3.63, 3.8) is 0 Å². The summed E-state index contributed by atoms with van der Waals surface area (Å²) in [5, 5.41) is 8.78. The number of anilines is 1. The summed E-state index contributed by atoms with van der Waals surface area (Å²) in [6.07, 6.45) is 0. The summed E-state index contributed by atoms with van der Waals surface area (Å²) >= 11 is 4.25. The van der Waals surface area contributed by atoms with Gasteiger partial charge in [-0.25, -0.2) is 4.98 Å². The smallest absolute Gasteiger partial charge is 0.182 e. The van der Waals surface area contributed by atoms with Gasteiger partial charge in [-0.1, -0.05) is 11.3 Å². The Balaban J connectivity index is 3.20. The van der Waals surface area contributed by atoms with Crippen LogP contribution >= 0.6 is 27.3 Å². The highest BCUT2D eigenvalue weighted by Gasteiger charge is 2.03. The molecule has 0 atom stereocenters. The number of halogens is 1. The molecule has 1 aromatic heterocycles. The minimum absolute atomic E-state index is 0.415. The predicted octanol–water partition coefficient (Wildman–Crippen LogP) is 1.36. The summed E-state index contributed by atoms with van der Waals surface area (Å²) < 4.78 is 0.535. The maximum absolute atomic E-state index is 8.37. The molecule has 5 heteroatoms. The zero-order valence-corrected chi connectivity index (χ0v) is 6.66. The van der Waals surface area contributed by atoms with Crippen LogP contribution in [0.15, 0.2) is 4.60 Å². The van der Waals surface area contributed by atoms with Gasteiger partial charge in [-0.15, -0.1) is 0 Å². The molecule has 0 aliphatic heterocycles. The Hall–Kier alpha value is -0.600. The number of hydrogen-bond acceptors (Lipinski definition) is 4. The van der Waals surface area contributed by atoms with Crippen LogP contribution in [-0.2, 0) is 0 Å². The fraction of sp³-hybridized carbons (Fsp3) is 0. The van der Waals surface area contributed by atoms with Crippen LogP contribution in [0, 0.1) is 11.3 Å². The molecular formula is C4H2BrN3S. The molecule has 2 N–H and O–H groups in total. The number of rotatable bonds is 0. The Morgan fingerprint density at radius 3 is 2.67 bits per heavy atom. The van der Waals surface area contributed by atoms with Crippen LogP contribution < -0.4 is 5.73 Å². The molecule has 0 saturated heterocycles. The van der Waals surface area contributed by atoms with Crippen LogP contribution in [0.2, 0.25) is 0 Å². The number of nitrogens with zero attached hydrogens (tertiary/aromatic N) is 2. The van der Waals surface area contributed by atoms with Crippen molar-refractivity contribution < 1.29 is 0 Å². The van der Waals surface area contributed by atoms with Gasteiger partial charge in [0.1, 0.15) is 15.5 Å². The molecule has 0 radical (unpaired) electrons. The van der Waals surface area contributed by atoms with Gasteiger partial charge < -0.3 is 5.73 Å². The summed E-state index contributed by atoms with van der Waals surface area (Å²) in [4.78, 5) is 4.29. The first-order valence-electron chi connectivity index (χ1n) is 2.06. The van der Waals surface area contributed by atoms with Crippen molar-refractivity contribution in [2.24, 2.45) is 0 Å². The van der Waals surface area contributed by atoms with Crippen molar-refractivity contribution in [2.45, 2.75) is 0 Å². The summed E-state index contributed by atoms with van der Waals surface area (Å²) in [5.41, 5.74) is 5.28. The Labute approximate surface area is 64.3 Å². The minimum Gasteiger partial charge on any atom is -0.375 e. The van der Waals surface area contributed by atoms with E-state index in [2.05, 4.69) is 20.9 Å². The largest absolute Gasteiger partial charge is 0.375 e. The quantitative estimate of drug-likeness (QED) is 0.693. The standard InChI is InChI=1S/C4H2BrN3S/c5-3-2(1-6)9-4(7)8-3/h(H2,7,8). The van der Waals surface area contributed by atoms with Crippen molar-refractivity contribution in [2.75, 3.05) is 5.73 Å². The highest BCUT2D eigenvalue weighted by Crippen LogP contribution is 2.23. The Kier molecular flexibility index (Phi) is 1.69. The van der Waals surface area contributed by atoms with Crippen LogP contribution in [0.25, 0.3) is 0 Å². The van der Waals surface area contributed by atoms with Crippen molar-refractivity contribution in [1.82, 2.24) is 4.98 Å². The molecule has 0 amide bonds. The predicted molar refractivity (Wildman–Crippen MR) is 38.9 cm³/mol. The van der Waals surface area contributed by atoms with E-state index < -0.39 is 0 Å². The van der Waals surface area contributed by atoms with Crippen LogP contribution in [0.3, 0.4) is 0 Å². The first-order chi connectivity index (χ1) is 4.24. The first kappa shape index (κ1) is 6.52. The van der Waals surface area contributed by atoms with Gasteiger partial charge in [0.2, 0.25) is 0 Å². The second kappa shape index (κ2) is 2.33. The van der Waals surface area contributed by atoms with Gasteiger partial charge in [0.15, 0.2) is 5.13 Å². The lowest BCUT2D eigenvalue weighted by atomic mass is 10.6. The van der Waals surface area contributed by atoms with Crippen LogP contribution in [-0.4, -0.2) is 4.98 Å². The molecule has 0 unspecified atom stereocenters. The average molecular weight is 204 g/mol. The lowest BCUT2D eigenvalue weighted by Crippen LogP contribution is -1.78. The normalized spacial score (nSPS) is 8.89. The third kappa shape index (κ3) is 1.20. The van der Waals surface area contributed by atoms with Crippen LogP contribution in [0.1, 0.15) is 4.88 Å². The maximum Gasteiger partial charge on any atom is 0.182 e. The zero-order chi connectivity index (χ0) is 6.85. The SMILES string of the molecule is N#Cc1sc(N)nc1Br. The molecule has 46 valence electrons. The van der Waals surface area contributed by atoms with Crippen molar-refractivity contribution in [3.8, 4) is 6.07 Å². The summed E-state index contributed by atoms with van der Waals surface area (Å²) in [6, 6.07) is 1.95. The fourth-order valence-electron chi connectivity index (χ4n) is 0.386. The number of nitrogens with two attached hydrogens (primary N) is 1. The first-order valence-corrected chi connectivity index (χ1v) is 3.67. The van der Waals surface area contributed by atoms with E-state index in [-0.39, 0.29) is 0 Å². The van der Waals surface area contributed by atoms with Gasteiger partial charge in [0, 0.05) is 0 Å². The molecule has 0 saturated carbocycles. The van der Waals surface area contributed by atoms with E-state index in [0.717, 1.165) is 0 Å². The van der Waals surface area contributed by atoms with Gasteiger partial charge in [-0.2, -0.15) is 5.26 Å². The summed E-state index contributed by atoms with van der Waals surface area (Å²) in [7, 11) is 0. The van der Waals surface area contributed by atoms with Gasteiger partial charge in [-0.05, 0) is 15.9 Å². The third-order valence-corrected chi connectivity index (χ3v) is 2.33. The Bertz CT molecular complexity index is 261. The monoisotopic (exact) mass is 203 g/mol. The maximum atomic E-state index is 8.37. The van der Waals surface area contributed by atoms with E-state index in [1.54, 1.807) is 0 Å². The molecule has 0 fully saturated rings. The molecule has 1 heterocycles. The molecule has 9 heavy (non-hydrogen) atoms. The molecule has 0 spiro atoms. The number of aromatic nitrogens is 1. The van der Waals surface area contributed by atoms with Crippen LogP contribution in [0.4, 0.5) is 5.13 Å². The summed E-state index contributed by atoms with van der Waals surface area (Å²) in [5.74, 6) is 0. The van der Waals surface area contributed by atoms with E-state index >= 15 is 0 Å². The highest BCUT2D eigenvalue weighted by molar-refractivity contribution is 9.10. The Morgan fingerprint density at radius 1 is 1.78 bits per heavy atom. The molecule has 3 nitrogen and oxygen atoms in total. The lowest BCUT2D eigenvalue weighted by Gasteiger charge is -1.72. The van der Waals surface area contributed by atoms with Crippen molar-refractivity contribution >= 4 is 32.4 Å². The molecule has 0 aliphatic carbocycles. The van der Waals surface area contributed by atoms with E-state index in [0.29, 0.717) is 14.6 Å². The molecule has 0 aliphatic rings. The number of nitriles is 1. The second-order valence-electron chi connectivity index (χ2n) is 1.28. The Morgan fingerprint density at radius 2 is 2.44 bits per heavy atom. The van der Waals surface area contributed by atoms with Gasteiger partial charge >= 0.3 is 0 Å². The van der Waals surface area contributed by atoms with Crippen LogP contribution in [0.5, 0.6) is 0 Å². The lowest BCUT2D eigenvalue weighted by molar-refractivity contribution is 1.35. The van der Waals surface area contributed by atoms with E-state index in [4.69, 9.17) is 11.0 Å². The fourth-order valence-corrected chi connectivity index (χ4v) is 1.55. The van der Waals surface area contributed by atoms with E-state index in [1.807, 2.05) is 6.07 Å². The van der Waals surface area contributed by atoms with E-state index in [1.165, 1.54) is 11.3 Å². The second-order valence-corrected chi connectivity index (χ2v) is 3.07. The summed E-state index contributed by atoms with van der Waals surface area (Å²) in [6.45, 7) is 0. The van der Waals surface area contributed by atoms with Crippen molar-refractivity contribution in [3.05, 3.63) is 9.48 Å². The number of thiazole rings is 1. The number of nitrogen functional groups attached to an aromatic ring is 1. The molecule has 0 aromatic carbocycles. The van der Waals surface area contributed by atoms with Crippen molar-refractivity contribution in [1.29, 1.82) is 5.26 Å². The van der Waals surface area contributed by atoms with E-state index in [9.17, 15) is 0 Å².